The smallest absolute Gasteiger partial charge is 0.152 e. The summed E-state index contributed by atoms with van der Waals surface area (Å²) < 4.78 is 0.926. The molecular weight excluding hydrogens is 348 g/mol. The van der Waals surface area contributed by atoms with Gasteiger partial charge in [0, 0.05) is 10.7 Å². The van der Waals surface area contributed by atoms with Crippen LogP contribution in [-0.2, 0) is 0 Å². The van der Waals surface area contributed by atoms with Crippen LogP contribution >= 0.6 is 27.5 Å². The number of anilines is 1. The van der Waals surface area contributed by atoms with E-state index in [-0.39, 0.29) is 6.04 Å². The molecule has 0 radical (unpaired) electrons. The summed E-state index contributed by atoms with van der Waals surface area (Å²) in [5.74, 6) is 0. The monoisotopic (exact) mass is 366 g/mol. The minimum atomic E-state index is 0.256. The number of nitrogens with zero attached hydrogens (tertiary/aromatic N) is 1. The van der Waals surface area contributed by atoms with Gasteiger partial charge in [-0.05, 0) is 34.0 Å². The van der Waals surface area contributed by atoms with Crippen molar-refractivity contribution in [2.45, 2.75) is 38.6 Å². The largest absolute Gasteiger partial charge is 0.376 e. The molecule has 0 aliphatic carbocycles. The van der Waals surface area contributed by atoms with E-state index in [0.29, 0.717) is 5.15 Å². The molecule has 0 saturated carbocycles. The molecule has 0 aliphatic rings. The molecule has 1 atom stereocenters. The lowest BCUT2D eigenvalue weighted by atomic mass is 10.0. The van der Waals surface area contributed by atoms with Crippen LogP contribution in [0.2, 0.25) is 5.15 Å². The van der Waals surface area contributed by atoms with Gasteiger partial charge in [-0.3, -0.25) is 0 Å². The second-order valence-electron chi connectivity index (χ2n) is 5.10. The van der Waals surface area contributed by atoms with Crippen LogP contribution in [0.1, 0.15) is 44.2 Å². The van der Waals surface area contributed by atoms with Crippen LogP contribution in [0.25, 0.3) is 0 Å². The van der Waals surface area contributed by atoms with Gasteiger partial charge in [-0.2, -0.15) is 0 Å². The van der Waals surface area contributed by atoms with E-state index in [9.17, 15) is 0 Å². The highest BCUT2D eigenvalue weighted by Crippen LogP contribution is 2.30. The van der Waals surface area contributed by atoms with Crippen molar-refractivity contribution in [2.24, 2.45) is 0 Å². The summed E-state index contributed by atoms with van der Waals surface area (Å²) in [7, 11) is 0. The number of halogens is 2. The number of unbranched alkanes of at least 4 members (excludes halogenated alkanes) is 2. The van der Waals surface area contributed by atoms with Gasteiger partial charge in [0.05, 0.1) is 11.7 Å². The molecule has 0 bridgehead atoms. The maximum atomic E-state index is 6.19. The fraction of sp³-hybridized carbons (Fsp3) is 0.353. The normalized spacial score (nSPS) is 12.1. The van der Waals surface area contributed by atoms with Gasteiger partial charge in [-0.1, -0.05) is 68.1 Å². The van der Waals surface area contributed by atoms with E-state index in [4.69, 9.17) is 11.6 Å². The van der Waals surface area contributed by atoms with E-state index >= 15 is 0 Å². The van der Waals surface area contributed by atoms with Crippen molar-refractivity contribution in [1.29, 1.82) is 0 Å². The first kappa shape index (κ1) is 16.3. The fourth-order valence-corrected chi connectivity index (χ4v) is 2.81. The summed E-state index contributed by atoms with van der Waals surface area (Å²) in [6.07, 6.45) is 6.46. The Morgan fingerprint density at radius 1 is 1.24 bits per heavy atom. The predicted molar refractivity (Wildman–Crippen MR) is 93.9 cm³/mol. The Morgan fingerprint density at radius 3 is 2.71 bits per heavy atom. The summed E-state index contributed by atoms with van der Waals surface area (Å²) in [6.45, 7) is 2.22. The Balaban J connectivity index is 2.17. The molecule has 2 rings (SSSR count). The Bertz CT molecular complexity index is 560. The standard InChI is InChI=1S/C17H20BrClN2/c1-2-3-5-10-15(13-8-6-4-7-9-13)21-16-11-14(18)12-20-17(16)19/h4,6-9,11-12,15,21H,2-3,5,10H2,1H3. The first-order chi connectivity index (χ1) is 10.2. The first-order valence-electron chi connectivity index (χ1n) is 7.33. The molecule has 112 valence electrons. The average Bonchev–Trinajstić information content (AvgIpc) is 2.51. The second-order valence-corrected chi connectivity index (χ2v) is 6.37. The van der Waals surface area contributed by atoms with Crippen LogP contribution in [0.3, 0.4) is 0 Å². The zero-order chi connectivity index (χ0) is 15.1. The Labute approximate surface area is 140 Å². The van der Waals surface area contributed by atoms with Crippen molar-refractivity contribution in [2.75, 3.05) is 5.32 Å². The molecule has 0 aliphatic heterocycles. The fourth-order valence-electron chi connectivity index (χ4n) is 2.32. The molecule has 2 nitrogen and oxygen atoms in total. The van der Waals surface area contributed by atoms with Crippen LogP contribution in [0.15, 0.2) is 47.1 Å². The Kier molecular flexibility index (Phi) is 6.52. The third-order valence-corrected chi connectivity index (χ3v) is 4.17. The number of benzene rings is 1. The topological polar surface area (TPSA) is 24.9 Å². The van der Waals surface area contributed by atoms with Crippen molar-refractivity contribution in [3.63, 3.8) is 0 Å². The molecule has 1 aromatic carbocycles. The molecule has 2 aromatic rings. The third-order valence-electron chi connectivity index (χ3n) is 3.43. The average molecular weight is 368 g/mol. The molecule has 1 aromatic heterocycles. The van der Waals surface area contributed by atoms with Crippen LogP contribution in [-0.4, -0.2) is 4.98 Å². The maximum Gasteiger partial charge on any atom is 0.152 e. The highest BCUT2D eigenvalue weighted by molar-refractivity contribution is 9.10. The number of aromatic nitrogens is 1. The summed E-state index contributed by atoms with van der Waals surface area (Å²) >= 11 is 9.64. The van der Waals surface area contributed by atoms with E-state index in [2.05, 4.69) is 57.4 Å². The third kappa shape index (κ3) is 5.01. The molecule has 0 spiro atoms. The van der Waals surface area contributed by atoms with Gasteiger partial charge in [0.1, 0.15) is 0 Å². The minimum absolute atomic E-state index is 0.256. The lowest BCUT2D eigenvalue weighted by Gasteiger charge is -2.21. The van der Waals surface area contributed by atoms with Crippen molar-refractivity contribution in [3.05, 3.63) is 57.8 Å². The van der Waals surface area contributed by atoms with Crippen molar-refractivity contribution < 1.29 is 0 Å². The summed E-state index contributed by atoms with van der Waals surface area (Å²) in [6, 6.07) is 12.7. The van der Waals surface area contributed by atoms with E-state index in [0.717, 1.165) is 16.6 Å². The zero-order valence-electron chi connectivity index (χ0n) is 12.2. The summed E-state index contributed by atoms with van der Waals surface area (Å²) in [4.78, 5) is 4.18. The van der Waals surface area contributed by atoms with Crippen molar-refractivity contribution in [1.82, 2.24) is 4.98 Å². The highest BCUT2D eigenvalue weighted by atomic mass is 79.9. The quantitative estimate of drug-likeness (QED) is 0.463. The van der Waals surface area contributed by atoms with Gasteiger partial charge in [-0.15, -0.1) is 0 Å². The van der Waals surface area contributed by atoms with Crippen molar-refractivity contribution in [3.8, 4) is 0 Å². The van der Waals surface area contributed by atoms with Gasteiger partial charge in [0.2, 0.25) is 0 Å². The number of pyridine rings is 1. The van der Waals surface area contributed by atoms with E-state index in [1.165, 1.54) is 24.8 Å². The minimum Gasteiger partial charge on any atom is -0.376 e. The highest BCUT2D eigenvalue weighted by Gasteiger charge is 2.13. The van der Waals surface area contributed by atoms with Gasteiger partial charge < -0.3 is 5.32 Å². The van der Waals surface area contributed by atoms with Gasteiger partial charge in [0.15, 0.2) is 5.15 Å². The first-order valence-corrected chi connectivity index (χ1v) is 8.50. The molecule has 4 heteroatoms. The van der Waals surface area contributed by atoms with Crippen LogP contribution in [0, 0.1) is 0 Å². The number of nitrogens with one attached hydrogen (secondary N) is 1. The van der Waals surface area contributed by atoms with Crippen molar-refractivity contribution >= 4 is 33.2 Å². The molecule has 0 amide bonds. The van der Waals surface area contributed by atoms with Gasteiger partial charge in [0.25, 0.3) is 0 Å². The Morgan fingerprint density at radius 2 is 2.00 bits per heavy atom. The molecule has 21 heavy (non-hydrogen) atoms. The molecule has 1 unspecified atom stereocenters. The zero-order valence-corrected chi connectivity index (χ0v) is 14.5. The number of hydrogen-bond acceptors (Lipinski definition) is 2. The Hall–Kier alpha value is -1.06. The molecule has 1 heterocycles. The van der Waals surface area contributed by atoms with Crippen LogP contribution in [0.4, 0.5) is 5.69 Å². The van der Waals surface area contributed by atoms with Gasteiger partial charge in [-0.25, -0.2) is 4.98 Å². The lowest BCUT2D eigenvalue weighted by molar-refractivity contribution is 0.606. The number of rotatable bonds is 7. The second kappa shape index (κ2) is 8.40. The van der Waals surface area contributed by atoms with Crippen LogP contribution in [0.5, 0.6) is 0 Å². The number of hydrogen-bond donors (Lipinski definition) is 1. The van der Waals surface area contributed by atoms with Crippen LogP contribution < -0.4 is 5.32 Å². The predicted octanol–water partition coefficient (Wildman–Crippen LogP) is 6.23. The molecular formula is C17H20BrClN2. The van der Waals surface area contributed by atoms with Gasteiger partial charge >= 0.3 is 0 Å². The summed E-state index contributed by atoms with van der Waals surface area (Å²) in [5.41, 5.74) is 2.15. The molecule has 1 N–H and O–H groups in total. The maximum absolute atomic E-state index is 6.19. The SMILES string of the molecule is CCCCCC(Nc1cc(Br)cnc1Cl)c1ccccc1. The summed E-state index contributed by atoms with van der Waals surface area (Å²) in [5, 5.41) is 4.05. The lowest BCUT2D eigenvalue weighted by Crippen LogP contribution is -2.11. The molecule has 0 fully saturated rings. The van der Waals surface area contributed by atoms with E-state index < -0.39 is 0 Å². The molecule has 0 saturated heterocycles. The van der Waals surface area contributed by atoms with E-state index in [1.54, 1.807) is 6.20 Å². The van der Waals surface area contributed by atoms with E-state index in [1.807, 2.05) is 12.1 Å².